The molecule has 0 aliphatic heterocycles. The van der Waals surface area contributed by atoms with Crippen LogP contribution in [0.15, 0.2) is 45.8 Å². The Balaban J connectivity index is 2.37. The first-order valence-corrected chi connectivity index (χ1v) is 7.90. The highest BCUT2D eigenvalue weighted by Crippen LogP contribution is 2.25. The third-order valence-electron chi connectivity index (χ3n) is 2.58. The second kappa shape index (κ2) is 5.41. The molecule has 0 aliphatic carbocycles. The quantitative estimate of drug-likeness (QED) is 0.827. The molecule has 4 nitrogen and oxygen atoms in total. The molecule has 0 radical (unpaired) electrons. The Labute approximate surface area is 125 Å². The Bertz CT molecular complexity index is 743. The Morgan fingerprint density at radius 1 is 1.20 bits per heavy atom. The minimum Gasteiger partial charge on any atom is -0.398 e. The maximum absolute atomic E-state index is 13.3. The molecule has 0 aliphatic rings. The van der Waals surface area contributed by atoms with Gasteiger partial charge in [-0.25, -0.2) is 12.8 Å². The van der Waals surface area contributed by atoms with Gasteiger partial charge in [0.2, 0.25) is 0 Å². The van der Waals surface area contributed by atoms with Crippen molar-refractivity contribution in [2.75, 3.05) is 10.5 Å². The van der Waals surface area contributed by atoms with Crippen molar-refractivity contribution in [2.45, 2.75) is 11.8 Å². The van der Waals surface area contributed by atoms with Crippen molar-refractivity contribution in [3.05, 3.63) is 52.3 Å². The number of hydrogen-bond donors (Lipinski definition) is 2. The Morgan fingerprint density at radius 3 is 2.50 bits per heavy atom. The third kappa shape index (κ3) is 3.29. The zero-order valence-electron chi connectivity index (χ0n) is 10.5. The smallest absolute Gasteiger partial charge is 0.261 e. The highest BCUT2D eigenvalue weighted by atomic mass is 79.9. The maximum atomic E-state index is 13.3. The molecule has 0 atom stereocenters. The predicted octanol–water partition coefficient (Wildman–Crippen LogP) is 3.28. The number of sulfonamides is 1. The van der Waals surface area contributed by atoms with Crippen LogP contribution in [0, 0.1) is 12.7 Å². The van der Waals surface area contributed by atoms with E-state index in [1.54, 1.807) is 13.0 Å². The zero-order chi connectivity index (χ0) is 14.9. The number of nitrogens with two attached hydrogens (primary N) is 1. The molecule has 20 heavy (non-hydrogen) atoms. The Hall–Kier alpha value is -1.60. The number of benzene rings is 2. The molecule has 0 saturated carbocycles. The maximum Gasteiger partial charge on any atom is 0.261 e. The standard InChI is InChI=1S/C13H12BrFN2O2S/c1-8-4-9(15)6-10(5-8)17-20(18,19)11-2-3-13(16)12(14)7-11/h2-7,17H,16H2,1H3. The number of anilines is 2. The van der Waals surface area contributed by atoms with E-state index < -0.39 is 15.8 Å². The topological polar surface area (TPSA) is 72.2 Å². The monoisotopic (exact) mass is 358 g/mol. The van der Waals surface area contributed by atoms with Crippen molar-refractivity contribution in [1.82, 2.24) is 0 Å². The Morgan fingerprint density at radius 2 is 1.90 bits per heavy atom. The first-order chi connectivity index (χ1) is 9.28. The highest BCUT2D eigenvalue weighted by molar-refractivity contribution is 9.10. The summed E-state index contributed by atoms with van der Waals surface area (Å²) in [6.45, 7) is 1.68. The van der Waals surface area contributed by atoms with Gasteiger partial charge in [-0.3, -0.25) is 4.72 Å². The van der Waals surface area contributed by atoms with Crippen molar-refractivity contribution in [3.8, 4) is 0 Å². The van der Waals surface area contributed by atoms with E-state index in [-0.39, 0.29) is 10.6 Å². The van der Waals surface area contributed by atoms with Crippen molar-refractivity contribution in [3.63, 3.8) is 0 Å². The fraction of sp³-hybridized carbons (Fsp3) is 0.0769. The minimum absolute atomic E-state index is 0.0421. The number of halogens is 2. The van der Waals surface area contributed by atoms with Gasteiger partial charge in [0, 0.05) is 10.2 Å². The number of nitrogens with one attached hydrogen (secondary N) is 1. The molecule has 2 aromatic rings. The number of hydrogen-bond acceptors (Lipinski definition) is 3. The van der Waals surface area contributed by atoms with E-state index in [1.165, 1.54) is 24.3 Å². The minimum atomic E-state index is -3.79. The molecule has 0 aromatic heterocycles. The summed E-state index contributed by atoms with van der Waals surface area (Å²) in [5.74, 6) is -0.499. The lowest BCUT2D eigenvalue weighted by Crippen LogP contribution is -2.13. The van der Waals surface area contributed by atoms with Gasteiger partial charge in [-0.1, -0.05) is 0 Å². The lowest BCUT2D eigenvalue weighted by atomic mass is 10.2. The first kappa shape index (κ1) is 14.8. The van der Waals surface area contributed by atoms with Crippen LogP contribution in [0.4, 0.5) is 15.8 Å². The van der Waals surface area contributed by atoms with Crippen LogP contribution < -0.4 is 10.5 Å². The molecule has 0 fully saturated rings. The van der Waals surface area contributed by atoms with Crippen LogP contribution in [0.5, 0.6) is 0 Å². The van der Waals surface area contributed by atoms with E-state index in [9.17, 15) is 12.8 Å². The van der Waals surface area contributed by atoms with Gasteiger partial charge in [0.05, 0.1) is 10.6 Å². The lowest BCUT2D eigenvalue weighted by molar-refractivity contribution is 0.601. The summed E-state index contributed by atoms with van der Waals surface area (Å²) in [5, 5.41) is 0. The van der Waals surface area contributed by atoms with Crippen molar-refractivity contribution in [2.24, 2.45) is 0 Å². The molecule has 0 spiro atoms. The molecule has 2 rings (SSSR count). The van der Waals surface area contributed by atoms with Gasteiger partial charge in [-0.15, -0.1) is 0 Å². The van der Waals surface area contributed by atoms with Crippen LogP contribution in [0.3, 0.4) is 0 Å². The zero-order valence-corrected chi connectivity index (χ0v) is 12.9. The molecule has 0 amide bonds. The normalized spacial score (nSPS) is 11.3. The second-order valence-electron chi connectivity index (χ2n) is 4.31. The highest BCUT2D eigenvalue weighted by Gasteiger charge is 2.15. The van der Waals surface area contributed by atoms with E-state index >= 15 is 0 Å². The average molecular weight is 359 g/mol. The predicted molar refractivity (Wildman–Crippen MR) is 80.5 cm³/mol. The molecule has 106 valence electrons. The molecule has 2 aromatic carbocycles. The van der Waals surface area contributed by atoms with Crippen LogP contribution in [0.2, 0.25) is 0 Å². The fourth-order valence-corrected chi connectivity index (χ4v) is 3.28. The van der Waals surface area contributed by atoms with Crippen molar-refractivity contribution < 1.29 is 12.8 Å². The summed E-state index contributed by atoms with van der Waals surface area (Å²) < 4.78 is 40.5. The molecule has 0 heterocycles. The summed E-state index contributed by atoms with van der Waals surface area (Å²) >= 11 is 3.17. The molecule has 0 unspecified atom stereocenters. The van der Waals surface area contributed by atoms with Gasteiger partial charge in [-0.2, -0.15) is 0 Å². The van der Waals surface area contributed by atoms with Crippen LogP contribution >= 0.6 is 15.9 Å². The number of nitrogen functional groups attached to an aromatic ring is 1. The molecule has 0 bridgehead atoms. The SMILES string of the molecule is Cc1cc(F)cc(NS(=O)(=O)c2ccc(N)c(Br)c2)c1. The Kier molecular flexibility index (Phi) is 4.01. The fourth-order valence-electron chi connectivity index (χ4n) is 1.68. The van der Waals surface area contributed by atoms with Gasteiger partial charge in [0.15, 0.2) is 0 Å². The molecule has 0 saturated heterocycles. The van der Waals surface area contributed by atoms with Gasteiger partial charge >= 0.3 is 0 Å². The van der Waals surface area contributed by atoms with Crippen molar-refractivity contribution >= 4 is 37.3 Å². The van der Waals surface area contributed by atoms with E-state index in [1.807, 2.05) is 0 Å². The van der Waals surface area contributed by atoms with Crippen LogP contribution in [-0.4, -0.2) is 8.42 Å². The largest absolute Gasteiger partial charge is 0.398 e. The number of rotatable bonds is 3. The van der Waals surface area contributed by atoms with E-state index in [0.29, 0.717) is 15.7 Å². The molecule has 3 N–H and O–H groups in total. The number of aryl methyl sites for hydroxylation is 1. The van der Waals surface area contributed by atoms with E-state index in [0.717, 1.165) is 6.07 Å². The summed E-state index contributed by atoms with van der Waals surface area (Å²) in [5.41, 5.74) is 6.85. The van der Waals surface area contributed by atoms with Gasteiger partial charge < -0.3 is 5.73 Å². The first-order valence-electron chi connectivity index (χ1n) is 5.63. The third-order valence-corrected chi connectivity index (χ3v) is 4.64. The van der Waals surface area contributed by atoms with Crippen LogP contribution in [0.25, 0.3) is 0 Å². The van der Waals surface area contributed by atoms with Crippen LogP contribution in [0.1, 0.15) is 5.56 Å². The van der Waals surface area contributed by atoms with Gasteiger partial charge in [0.1, 0.15) is 5.82 Å². The van der Waals surface area contributed by atoms with E-state index in [2.05, 4.69) is 20.7 Å². The van der Waals surface area contributed by atoms with Crippen LogP contribution in [-0.2, 0) is 10.0 Å². The molecular weight excluding hydrogens is 347 g/mol. The van der Waals surface area contributed by atoms with Gasteiger partial charge in [0.25, 0.3) is 10.0 Å². The lowest BCUT2D eigenvalue weighted by Gasteiger charge is -2.10. The molecule has 7 heteroatoms. The summed E-state index contributed by atoms with van der Waals surface area (Å²) in [7, 11) is -3.79. The van der Waals surface area contributed by atoms with Crippen molar-refractivity contribution in [1.29, 1.82) is 0 Å². The molecular formula is C13H12BrFN2O2S. The van der Waals surface area contributed by atoms with E-state index in [4.69, 9.17) is 5.73 Å². The summed E-state index contributed by atoms with van der Waals surface area (Å²) in [6.07, 6.45) is 0. The summed E-state index contributed by atoms with van der Waals surface area (Å²) in [4.78, 5) is 0.0421. The second-order valence-corrected chi connectivity index (χ2v) is 6.84. The average Bonchev–Trinajstić information content (AvgIpc) is 2.30. The summed E-state index contributed by atoms with van der Waals surface area (Å²) in [6, 6.07) is 8.25. The van der Waals surface area contributed by atoms with Gasteiger partial charge in [-0.05, 0) is 64.8 Å².